The second kappa shape index (κ2) is 10.8. The van der Waals surface area contributed by atoms with Crippen LogP contribution in [0.15, 0.2) is 152 Å². The van der Waals surface area contributed by atoms with Gasteiger partial charge in [-0.1, -0.05) is 121 Å². The van der Waals surface area contributed by atoms with Crippen molar-refractivity contribution >= 4 is 42.3 Å². The second-order valence-electron chi connectivity index (χ2n) is 11.3. The molecule has 0 unspecified atom stereocenters. The molecule has 0 radical (unpaired) electrons. The molecule has 0 aliphatic rings. The molecule has 4 heteroatoms. The fraction of sp³-hybridized carbons (Fsp3) is 0.0244. The van der Waals surface area contributed by atoms with Crippen LogP contribution in [0.3, 0.4) is 0 Å². The van der Waals surface area contributed by atoms with E-state index >= 15 is 0 Å². The maximum atomic E-state index is 13.0. The van der Waals surface area contributed by atoms with Crippen LogP contribution in [0.25, 0.3) is 75.5 Å². The van der Waals surface area contributed by atoms with Crippen LogP contribution in [0.5, 0.6) is 0 Å². The molecule has 8 rings (SSSR count). The van der Waals surface area contributed by atoms with Crippen LogP contribution in [0.4, 0.5) is 13.2 Å². The normalized spacial score (nSPS) is 11.9. The van der Waals surface area contributed by atoms with Gasteiger partial charge in [0.1, 0.15) is 0 Å². The standard InChI is InChI=1S/C41H25F3S/c42-41(43,44)35-22-20-27(21-23-35)26-8-10-28(11-9-26)32-18-14-30-15-19-33(25-34(30)24-32)29-12-16-31(17-13-29)36-5-3-6-38-37-4-1-2-7-39(37)45-40(36)38/h1-25H. The van der Waals surface area contributed by atoms with E-state index in [-0.39, 0.29) is 0 Å². The lowest BCUT2D eigenvalue weighted by Gasteiger charge is -2.10. The molecule has 1 heterocycles. The summed E-state index contributed by atoms with van der Waals surface area (Å²) in [5.41, 5.74) is 7.92. The van der Waals surface area contributed by atoms with E-state index in [0.29, 0.717) is 0 Å². The van der Waals surface area contributed by atoms with E-state index in [1.807, 2.05) is 35.6 Å². The molecule has 216 valence electrons. The van der Waals surface area contributed by atoms with Gasteiger partial charge in [0.25, 0.3) is 0 Å². The minimum Gasteiger partial charge on any atom is -0.166 e. The van der Waals surface area contributed by atoms with Crippen LogP contribution in [-0.4, -0.2) is 0 Å². The molecule has 0 saturated carbocycles. The van der Waals surface area contributed by atoms with Gasteiger partial charge in [0, 0.05) is 20.2 Å². The lowest BCUT2D eigenvalue weighted by atomic mass is 9.95. The van der Waals surface area contributed by atoms with Gasteiger partial charge in [-0.3, -0.25) is 0 Å². The summed E-state index contributed by atoms with van der Waals surface area (Å²) in [5, 5.41) is 4.92. The highest BCUT2D eigenvalue weighted by Gasteiger charge is 2.30. The molecule has 1 aromatic heterocycles. The van der Waals surface area contributed by atoms with Gasteiger partial charge in [-0.15, -0.1) is 11.3 Å². The van der Waals surface area contributed by atoms with Gasteiger partial charge in [-0.05, 0) is 85.6 Å². The molecule has 0 aliphatic heterocycles. The monoisotopic (exact) mass is 606 g/mol. The highest BCUT2D eigenvalue weighted by atomic mass is 32.1. The SMILES string of the molecule is FC(F)(F)c1ccc(-c2ccc(-c3ccc4ccc(-c5ccc(-c6cccc7c6sc6ccccc67)cc5)cc4c3)cc2)cc1. The zero-order valence-electron chi connectivity index (χ0n) is 24.0. The van der Waals surface area contributed by atoms with Crippen molar-refractivity contribution in [2.24, 2.45) is 0 Å². The Morgan fingerprint density at radius 1 is 0.400 bits per heavy atom. The maximum Gasteiger partial charge on any atom is 0.416 e. The Balaban J connectivity index is 1.07. The van der Waals surface area contributed by atoms with E-state index in [1.54, 1.807) is 0 Å². The lowest BCUT2D eigenvalue weighted by Crippen LogP contribution is -2.03. The molecule has 0 bridgehead atoms. The van der Waals surface area contributed by atoms with Gasteiger partial charge in [0.05, 0.1) is 5.56 Å². The zero-order chi connectivity index (χ0) is 30.5. The molecule has 0 fully saturated rings. The average molecular weight is 607 g/mol. The Labute approximate surface area is 262 Å². The Bertz CT molecular complexity index is 2330. The number of rotatable bonds is 4. The molecule has 0 nitrogen and oxygen atoms in total. The molecule has 7 aromatic carbocycles. The largest absolute Gasteiger partial charge is 0.416 e. The topological polar surface area (TPSA) is 0 Å². The summed E-state index contributed by atoms with van der Waals surface area (Å²) in [6, 6.07) is 50.2. The molecule has 0 amide bonds. The maximum absolute atomic E-state index is 13.0. The van der Waals surface area contributed by atoms with Gasteiger partial charge in [0.2, 0.25) is 0 Å². The van der Waals surface area contributed by atoms with Crippen molar-refractivity contribution in [3.8, 4) is 44.5 Å². The Hall–Kier alpha value is -5.19. The molecular formula is C41H25F3S. The van der Waals surface area contributed by atoms with Crippen molar-refractivity contribution in [2.45, 2.75) is 6.18 Å². The Kier molecular flexibility index (Phi) is 6.54. The average Bonchev–Trinajstić information content (AvgIpc) is 3.47. The van der Waals surface area contributed by atoms with Crippen LogP contribution in [0.2, 0.25) is 0 Å². The number of benzene rings is 7. The van der Waals surface area contributed by atoms with E-state index in [2.05, 4.69) is 103 Å². The number of hydrogen-bond donors (Lipinski definition) is 0. The predicted molar refractivity (Wildman–Crippen MR) is 184 cm³/mol. The van der Waals surface area contributed by atoms with Crippen LogP contribution in [-0.2, 0) is 6.18 Å². The van der Waals surface area contributed by atoms with Crippen LogP contribution in [0.1, 0.15) is 5.56 Å². The van der Waals surface area contributed by atoms with Crippen LogP contribution in [0, 0.1) is 0 Å². The molecule has 0 atom stereocenters. The van der Waals surface area contributed by atoms with Crippen LogP contribution < -0.4 is 0 Å². The van der Waals surface area contributed by atoms with Gasteiger partial charge in [0.15, 0.2) is 0 Å². The molecular weight excluding hydrogens is 582 g/mol. The number of alkyl halides is 3. The quantitative estimate of drug-likeness (QED) is 0.187. The lowest BCUT2D eigenvalue weighted by molar-refractivity contribution is -0.137. The summed E-state index contributed by atoms with van der Waals surface area (Å²) < 4.78 is 41.5. The minimum atomic E-state index is -4.34. The Morgan fingerprint density at radius 3 is 1.49 bits per heavy atom. The number of fused-ring (bicyclic) bond motifs is 4. The fourth-order valence-electron chi connectivity index (χ4n) is 6.13. The molecule has 0 aliphatic carbocycles. The van der Waals surface area contributed by atoms with Gasteiger partial charge in [-0.25, -0.2) is 0 Å². The van der Waals surface area contributed by atoms with Crippen molar-refractivity contribution < 1.29 is 13.2 Å². The summed E-state index contributed by atoms with van der Waals surface area (Å²) in [5.74, 6) is 0. The first kappa shape index (κ1) is 27.4. The summed E-state index contributed by atoms with van der Waals surface area (Å²) in [4.78, 5) is 0. The third kappa shape index (κ3) is 5.07. The first-order chi connectivity index (χ1) is 21.9. The third-order valence-corrected chi connectivity index (χ3v) is 9.76. The third-order valence-electron chi connectivity index (χ3n) is 8.54. The summed E-state index contributed by atoms with van der Waals surface area (Å²) >= 11 is 1.85. The Morgan fingerprint density at radius 2 is 0.889 bits per heavy atom. The number of hydrogen-bond acceptors (Lipinski definition) is 1. The van der Waals surface area contributed by atoms with E-state index in [0.717, 1.165) is 56.3 Å². The summed E-state index contributed by atoms with van der Waals surface area (Å²) in [7, 11) is 0. The van der Waals surface area contributed by atoms with E-state index < -0.39 is 11.7 Å². The van der Waals surface area contributed by atoms with E-state index in [9.17, 15) is 13.2 Å². The number of halogens is 3. The fourth-order valence-corrected chi connectivity index (χ4v) is 7.37. The van der Waals surface area contributed by atoms with Gasteiger partial charge in [-0.2, -0.15) is 13.2 Å². The molecule has 8 aromatic rings. The van der Waals surface area contributed by atoms with Crippen molar-refractivity contribution in [1.29, 1.82) is 0 Å². The van der Waals surface area contributed by atoms with Crippen molar-refractivity contribution in [3.05, 3.63) is 157 Å². The van der Waals surface area contributed by atoms with E-state index in [4.69, 9.17) is 0 Å². The summed E-state index contributed by atoms with van der Waals surface area (Å²) in [6.07, 6.45) is -4.34. The second-order valence-corrected chi connectivity index (χ2v) is 12.3. The van der Waals surface area contributed by atoms with Gasteiger partial charge >= 0.3 is 6.18 Å². The smallest absolute Gasteiger partial charge is 0.166 e. The molecule has 0 saturated heterocycles. The highest BCUT2D eigenvalue weighted by Crippen LogP contribution is 2.40. The first-order valence-corrected chi connectivity index (χ1v) is 15.6. The molecule has 45 heavy (non-hydrogen) atoms. The minimum absolute atomic E-state index is 0.640. The van der Waals surface area contributed by atoms with E-state index in [1.165, 1.54) is 43.4 Å². The van der Waals surface area contributed by atoms with Gasteiger partial charge < -0.3 is 0 Å². The molecule has 0 spiro atoms. The van der Waals surface area contributed by atoms with Crippen molar-refractivity contribution in [2.75, 3.05) is 0 Å². The molecule has 0 N–H and O–H groups in total. The van der Waals surface area contributed by atoms with Crippen LogP contribution >= 0.6 is 11.3 Å². The zero-order valence-corrected chi connectivity index (χ0v) is 24.8. The number of thiophene rings is 1. The highest BCUT2D eigenvalue weighted by molar-refractivity contribution is 7.26. The van der Waals surface area contributed by atoms with Crippen molar-refractivity contribution in [3.63, 3.8) is 0 Å². The first-order valence-electron chi connectivity index (χ1n) is 14.7. The summed E-state index contributed by atoms with van der Waals surface area (Å²) in [6.45, 7) is 0. The van der Waals surface area contributed by atoms with Crippen molar-refractivity contribution in [1.82, 2.24) is 0 Å². The predicted octanol–water partition coefficient (Wildman–Crippen LogP) is 12.9.